The summed E-state index contributed by atoms with van der Waals surface area (Å²) in [7, 11) is 0. The van der Waals surface area contributed by atoms with Gasteiger partial charge >= 0.3 is 0 Å². The summed E-state index contributed by atoms with van der Waals surface area (Å²) in [5.41, 5.74) is 0.962. The van der Waals surface area contributed by atoms with Crippen molar-refractivity contribution < 1.29 is 4.74 Å². The molecule has 0 spiro atoms. The number of rotatable bonds is 6. The van der Waals surface area contributed by atoms with Gasteiger partial charge in [0, 0.05) is 27.8 Å². The predicted molar refractivity (Wildman–Crippen MR) is 90.5 cm³/mol. The first kappa shape index (κ1) is 16.6. The molecule has 0 atom stereocenters. The number of hydrogen-bond acceptors (Lipinski definition) is 3. The van der Waals surface area contributed by atoms with E-state index >= 15 is 0 Å². The van der Waals surface area contributed by atoms with E-state index in [4.69, 9.17) is 27.9 Å². The van der Waals surface area contributed by atoms with Gasteiger partial charge in [0.05, 0.1) is 5.02 Å². The lowest BCUT2D eigenvalue weighted by Crippen LogP contribution is -2.14. The lowest BCUT2D eigenvalue weighted by Gasteiger charge is -2.12. The molecule has 3 nitrogen and oxygen atoms in total. The van der Waals surface area contributed by atoms with Crippen molar-refractivity contribution >= 4 is 39.1 Å². The van der Waals surface area contributed by atoms with Crippen LogP contribution in [0.5, 0.6) is 11.6 Å². The zero-order chi connectivity index (χ0) is 15.2. The molecule has 2 rings (SSSR count). The minimum atomic E-state index is 0.458. The van der Waals surface area contributed by atoms with Crippen LogP contribution in [0.15, 0.2) is 34.9 Å². The van der Waals surface area contributed by atoms with Crippen molar-refractivity contribution in [3.63, 3.8) is 0 Å². The molecule has 0 aliphatic rings. The Bertz CT molecular complexity index is 623. The van der Waals surface area contributed by atoms with E-state index in [2.05, 4.69) is 33.2 Å². The Morgan fingerprint density at radius 1 is 1.29 bits per heavy atom. The van der Waals surface area contributed by atoms with Crippen molar-refractivity contribution in [2.45, 2.75) is 19.9 Å². The van der Waals surface area contributed by atoms with Gasteiger partial charge in [-0.2, -0.15) is 0 Å². The Morgan fingerprint density at radius 2 is 2.10 bits per heavy atom. The second kappa shape index (κ2) is 7.99. The predicted octanol–water partition coefficient (Wildman–Crippen LogP) is 5.44. The minimum absolute atomic E-state index is 0.458. The Labute approximate surface area is 142 Å². The average Bonchev–Trinajstić information content (AvgIpc) is 2.44. The van der Waals surface area contributed by atoms with Crippen LogP contribution in [0.4, 0.5) is 0 Å². The van der Waals surface area contributed by atoms with E-state index in [9.17, 15) is 0 Å². The van der Waals surface area contributed by atoms with Crippen LogP contribution < -0.4 is 10.1 Å². The summed E-state index contributed by atoms with van der Waals surface area (Å²) in [4.78, 5) is 4.32. The highest BCUT2D eigenvalue weighted by atomic mass is 79.9. The Morgan fingerprint density at radius 3 is 2.81 bits per heavy atom. The molecule has 112 valence electrons. The molecule has 0 unspecified atom stereocenters. The third kappa shape index (κ3) is 4.85. The molecule has 1 aromatic carbocycles. The van der Waals surface area contributed by atoms with Crippen LogP contribution in [0.25, 0.3) is 0 Å². The van der Waals surface area contributed by atoms with Gasteiger partial charge in [0.25, 0.3) is 0 Å². The van der Waals surface area contributed by atoms with Crippen molar-refractivity contribution in [2.24, 2.45) is 0 Å². The number of benzene rings is 1. The number of nitrogens with zero attached hydrogens (tertiary/aromatic N) is 1. The average molecular weight is 390 g/mol. The first-order valence-electron chi connectivity index (χ1n) is 6.58. The molecule has 2 aromatic rings. The Hall–Kier alpha value is -0.810. The van der Waals surface area contributed by atoms with Crippen LogP contribution in [0.3, 0.4) is 0 Å². The van der Waals surface area contributed by atoms with Crippen LogP contribution in [0, 0.1) is 0 Å². The molecule has 1 aromatic heterocycles. The molecule has 6 heteroatoms. The van der Waals surface area contributed by atoms with Gasteiger partial charge in [-0.05, 0) is 53.2 Å². The quantitative estimate of drug-likeness (QED) is 0.667. The van der Waals surface area contributed by atoms with Crippen LogP contribution in [-0.2, 0) is 6.54 Å². The third-order valence-corrected chi connectivity index (χ3v) is 3.70. The number of ether oxygens (including phenoxy) is 1. The molecule has 0 radical (unpaired) electrons. The summed E-state index contributed by atoms with van der Waals surface area (Å²) < 4.78 is 6.73. The second-order valence-electron chi connectivity index (χ2n) is 4.47. The zero-order valence-corrected chi connectivity index (χ0v) is 14.6. The van der Waals surface area contributed by atoms with Crippen molar-refractivity contribution in [3.8, 4) is 11.6 Å². The summed E-state index contributed by atoms with van der Waals surface area (Å²) >= 11 is 15.4. The highest BCUT2D eigenvalue weighted by Crippen LogP contribution is 2.32. The van der Waals surface area contributed by atoms with E-state index in [0.717, 1.165) is 23.0 Å². The Kier molecular flexibility index (Phi) is 6.30. The van der Waals surface area contributed by atoms with Gasteiger partial charge in [0.2, 0.25) is 5.88 Å². The molecule has 0 aliphatic heterocycles. The standard InChI is InChI=1S/C15H15BrCl2N2O/c1-2-5-19-8-10-6-11(16)9-20-15(10)21-14-4-3-12(17)7-13(14)18/h3-4,6-7,9,19H,2,5,8H2,1H3. The number of nitrogens with one attached hydrogen (secondary N) is 1. The van der Waals surface area contributed by atoms with E-state index in [0.29, 0.717) is 28.2 Å². The molecule has 0 aliphatic carbocycles. The number of pyridine rings is 1. The molecule has 0 saturated carbocycles. The van der Waals surface area contributed by atoms with Crippen LogP contribution in [-0.4, -0.2) is 11.5 Å². The smallest absolute Gasteiger partial charge is 0.223 e. The normalized spacial score (nSPS) is 10.7. The Balaban J connectivity index is 2.22. The maximum Gasteiger partial charge on any atom is 0.223 e. The maximum atomic E-state index is 6.13. The zero-order valence-electron chi connectivity index (χ0n) is 11.5. The summed E-state index contributed by atoms with van der Waals surface area (Å²) in [6.45, 7) is 3.74. The lowest BCUT2D eigenvalue weighted by molar-refractivity contribution is 0.453. The molecule has 1 heterocycles. The molecule has 0 bridgehead atoms. The second-order valence-corrected chi connectivity index (χ2v) is 6.23. The fourth-order valence-corrected chi connectivity index (χ4v) is 2.57. The van der Waals surface area contributed by atoms with Crippen LogP contribution >= 0.6 is 39.1 Å². The molecular weight excluding hydrogens is 375 g/mol. The molecule has 0 amide bonds. The highest BCUT2D eigenvalue weighted by molar-refractivity contribution is 9.10. The minimum Gasteiger partial charge on any atom is -0.437 e. The molecule has 0 fully saturated rings. The van der Waals surface area contributed by atoms with E-state index in [-0.39, 0.29) is 0 Å². The molecule has 0 saturated heterocycles. The third-order valence-electron chi connectivity index (χ3n) is 2.73. The van der Waals surface area contributed by atoms with Gasteiger partial charge in [-0.15, -0.1) is 0 Å². The van der Waals surface area contributed by atoms with Gasteiger partial charge in [0.15, 0.2) is 0 Å². The maximum absolute atomic E-state index is 6.13. The fourth-order valence-electron chi connectivity index (χ4n) is 1.75. The molecule has 21 heavy (non-hydrogen) atoms. The number of hydrogen-bond donors (Lipinski definition) is 1. The van der Waals surface area contributed by atoms with E-state index in [1.54, 1.807) is 24.4 Å². The fraction of sp³-hybridized carbons (Fsp3) is 0.267. The van der Waals surface area contributed by atoms with Gasteiger partial charge in [-0.25, -0.2) is 4.98 Å². The summed E-state index contributed by atoms with van der Waals surface area (Å²) in [6, 6.07) is 7.09. The topological polar surface area (TPSA) is 34.2 Å². The van der Waals surface area contributed by atoms with E-state index < -0.39 is 0 Å². The van der Waals surface area contributed by atoms with Crippen molar-refractivity contribution in [2.75, 3.05) is 6.54 Å². The number of halogens is 3. The molecule has 1 N–H and O–H groups in total. The van der Waals surface area contributed by atoms with Crippen molar-refractivity contribution in [1.82, 2.24) is 10.3 Å². The van der Waals surface area contributed by atoms with Gasteiger partial charge in [-0.3, -0.25) is 0 Å². The lowest BCUT2D eigenvalue weighted by atomic mass is 10.2. The van der Waals surface area contributed by atoms with Gasteiger partial charge < -0.3 is 10.1 Å². The van der Waals surface area contributed by atoms with Crippen LogP contribution in [0.1, 0.15) is 18.9 Å². The molecular formula is C15H15BrCl2N2O. The SMILES string of the molecule is CCCNCc1cc(Br)cnc1Oc1ccc(Cl)cc1Cl. The van der Waals surface area contributed by atoms with Crippen molar-refractivity contribution in [3.05, 3.63) is 50.5 Å². The summed E-state index contributed by atoms with van der Waals surface area (Å²) in [5, 5.41) is 4.36. The van der Waals surface area contributed by atoms with Crippen LogP contribution in [0.2, 0.25) is 10.0 Å². The first-order valence-corrected chi connectivity index (χ1v) is 8.13. The monoisotopic (exact) mass is 388 g/mol. The van der Waals surface area contributed by atoms with E-state index in [1.165, 1.54) is 0 Å². The van der Waals surface area contributed by atoms with Crippen molar-refractivity contribution in [1.29, 1.82) is 0 Å². The summed E-state index contributed by atoms with van der Waals surface area (Å²) in [5.74, 6) is 1.07. The highest BCUT2D eigenvalue weighted by Gasteiger charge is 2.10. The number of aromatic nitrogens is 1. The van der Waals surface area contributed by atoms with Gasteiger partial charge in [-0.1, -0.05) is 30.1 Å². The van der Waals surface area contributed by atoms with Gasteiger partial charge in [0.1, 0.15) is 5.75 Å². The van der Waals surface area contributed by atoms with E-state index in [1.807, 2.05) is 6.07 Å². The largest absolute Gasteiger partial charge is 0.437 e. The first-order chi connectivity index (χ1) is 10.1. The summed E-state index contributed by atoms with van der Waals surface area (Å²) in [6.07, 6.45) is 2.77.